The van der Waals surface area contributed by atoms with Crippen molar-refractivity contribution < 1.29 is 0 Å². The van der Waals surface area contributed by atoms with Crippen molar-refractivity contribution in [2.45, 2.75) is 85.0 Å². The van der Waals surface area contributed by atoms with Crippen molar-refractivity contribution in [3.63, 3.8) is 0 Å². The lowest BCUT2D eigenvalue weighted by atomic mass is 9.82. The number of nitrogens with one attached hydrogen (secondary N) is 2. The Kier molecular flexibility index (Phi) is 7.43. The molecule has 0 aromatic heterocycles. The molecule has 0 radical (unpaired) electrons. The SMILES string of the molecule is CCC(C)(C)c1ccc(Nc2cc(C(C)(C)C)cc(Nc3ccc(C(C)(C)C)cc3)c2Cl)cc1. The normalized spacial score (nSPS) is 12.5. The fourth-order valence-corrected chi connectivity index (χ4v) is 4.02. The van der Waals surface area contributed by atoms with Crippen LogP contribution in [0.1, 0.15) is 85.4 Å². The Hall–Kier alpha value is -2.45. The Morgan fingerprint density at radius 2 is 0.971 bits per heavy atom. The van der Waals surface area contributed by atoms with Crippen LogP contribution in [0.2, 0.25) is 5.02 Å². The predicted molar refractivity (Wildman–Crippen MR) is 152 cm³/mol. The molecule has 0 unspecified atom stereocenters. The third-order valence-corrected chi connectivity index (χ3v) is 7.21. The lowest BCUT2D eigenvalue weighted by Crippen LogP contribution is -2.15. The van der Waals surface area contributed by atoms with Crippen molar-refractivity contribution in [1.82, 2.24) is 0 Å². The van der Waals surface area contributed by atoms with E-state index in [9.17, 15) is 0 Å². The zero-order valence-corrected chi connectivity index (χ0v) is 23.1. The molecule has 0 heterocycles. The molecule has 0 aliphatic heterocycles. The van der Waals surface area contributed by atoms with E-state index in [-0.39, 0.29) is 16.2 Å². The van der Waals surface area contributed by atoms with Gasteiger partial charge in [-0.3, -0.25) is 0 Å². The van der Waals surface area contributed by atoms with E-state index in [0.29, 0.717) is 5.02 Å². The molecule has 3 aromatic rings. The van der Waals surface area contributed by atoms with Crippen LogP contribution in [0.25, 0.3) is 0 Å². The number of anilines is 4. The van der Waals surface area contributed by atoms with Crippen LogP contribution in [0.5, 0.6) is 0 Å². The monoisotopic (exact) mass is 476 g/mol. The van der Waals surface area contributed by atoms with E-state index in [1.54, 1.807) is 0 Å². The minimum Gasteiger partial charge on any atom is -0.354 e. The number of rotatable bonds is 6. The van der Waals surface area contributed by atoms with Crippen molar-refractivity contribution in [3.8, 4) is 0 Å². The first-order valence-corrected chi connectivity index (χ1v) is 12.7. The average molecular weight is 477 g/mol. The topological polar surface area (TPSA) is 24.1 Å². The van der Waals surface area contributed by atoms with Crippen molar-refractivity contribution in [2.24, 2.45) is 0 Å². The molecule has 0 aliphatic carbocycles. The summed E-state index contributed by atoms with van der Waals surface area (Å²) in [6, 6.07) is 21.7. The Balaban J connectivity index is 1.94. The zero-order valence-electron chi connectivity index (χ0n) is 22.4. The fourth-order valence-electron chi connectivity index (χ4n) is 3.81. The second-order valence-corrected chi connectivity index (χ2v) is 12.4. The van der Waals surface area contributed by atoms with Crippen molar-refractivity contribution in [1.29, 1.82) is 0 Å². The van der Waals surface area contributed by atoms with E-state index < -0.39 is 0 Å². The molecule has 0 aliphatic rings. The van der Waals surface area contributed by atoms with Crippen LogP contribution in [0.15, 0.2) is 60.7 Å². The van der Waals surface area contributed by atoms with Crippen LogP contribution in [0.4, 0.5) is 22.7 Å². The van der Waals surface area contributed by atoms with Crippen LogP contribution in [0, 0.1) is 0 Å². The zero-order chi connectivity index (χ0) is 25.3. The lowest BCUT2D eigenvalue weighted by molar-refractivity contribution is 0.506. The number of hydrogen-bond donors (Lipinski definition) is 2. The number of hydrogen-bond acceptors (Lipinski definition) is 2. The Morgan fingerprint density at radius 1 is 0.588 bits per heavy atom. The van der Waals surface area contributed by atoms with Crippen LogP contribution >= 0.6 is 11.6 Å². The summed E-state index contributed by atoms with van der Waals surface area (Å²) in [6.07, 6.45) is 1.10. The molecule has 2 nitrogen and oxygen atoms in total. The Bertz CT molecular complexity index is 1110. The highest BCUT2D eigenvalue weighted by Gasteiger charge is 2.20. The van der Waals surface area contributed by atoms with Crippen LogP contribution in [-0.2, 0) is 16.2 Å². The highest BCUT2D eigenvalue weighted by Crippen LogP contribution is 2.39. The van der Waals surface area contributed by atoms with Gasteiger partial charge in [0.05, 0.1) is 16.4 Å². The molecule has 0 amide bonds. The van der Waals surface area contributed by atoms with Crippen molar-refractivity contribution in [3.05, 3.63) is 82.4 Å². The molecule has 2 N–H and O–H groups in total. The first-order chi connectivity index (χ1) is 15.7. The molecular formula is C31H41ClN2. The van der Waals surface area contributed by atoms with E-state index in [2.05, 4.69) is 134 Å². The van der Waals surface area contributed by atoms with Gasteiger partial charge in [-0.25, -0.2) is 0 Å². The summed E-state index contributed by atoms with van der Waals surface area (Å²) in [7, 11) is 0. The molecule has 0 saturated carbocycles. The molecule has 0 atom stereocenters. The quantitative estimate of drug-likeness (QED) is 0.369. The Morgan fingerprint density at radius 3 is 1.32 bits per heavy atom. The number of benzene rings is 3. The maximum absolute atomic E-state index is 6.94. The summed E-state index contributed by atoms with van der Waals surface area (Å²) in [4.78, 5) is 0. The minimum absolute atomic E-state index is 0.0114. The largest absolute Gasteiger partial charge is 0.354 e. The van der Waals surface area contributed by atoms with E-state index in [4.69, 9.17) is 11.6 Å². The van der Waals surface area contributed by atoms with E-state index >= 15 is 0 Å². The van der Waals surface area contributed by atoms with Gasteiger partial charge in [0.25, 0.3) is 0 Å². The lowest BCUT2D eigenvalue weighted by Gasteiger charge is -2.25. The van der Waals surface area contributed by atoms with Gasteiger partial charge in [0, 0.05) is 11.4 Å². The second kappa shape index (κ2) is 9.66. The third kappa shape index (κ3) is 6.16. The fraction of sp³-hybridized carbons (Fsp3) is 0.419. The smallest absolute Gasteiger partial charge is 0.0875 e. The number of halogens is 1. The average Bonchev–Trinajstić information content (AvgIpc) is 2.76. The summed E-state index contributed by atoms with van der Waals surface area (Å²) >= 11 is 6.94. The van der Waals surface area contributed by atoms with Gasteiger partial charge in [0.2, 0.25) is 0 Å². The van der Waals surface area contributed by atoms with Crippen molar-refractivity contribution in [2.75, 3.05) is 10.6 Å². The molecule has 182 valence electrons. The van der Waals surface area contributed by atoms with Gasteiger partial charge in [-0.2, -0.15) is 0 Å². The minimum atomic E-state index is -0.0114. The maximum atomic E-state index is 6.94. The molecule has 0 spiro atoms. The molecule has 3 aromatic carbocycles. The summed E-state index contributed by atoms with van der Waals surface area (Å²) in [5.74, 6) is 0. The predicted octanol–water partition coefficient (Wildman–Crippen LogP) is 10.1. The van der Waals surface area contributed by atoms with Gasteiger partial charge < -0.3 is 10.6 Å². The highest BCUT2D eigenvalue weighted by atomic mass is 35.5. The van der Waals surface area contributed by atoms with Gasteiger partial charge in [-0.15, -0.1) is 0 Å². The standard InChI is InChI=1S/C31H41ClN2/c1-10-31(8,9)22-13-17-25(18-14-22)34-27-20-23(30(5,6)7)19-26(28(27)32)33-24-15-11-21(12-16-24)29(2,3)4/h11-20,33-34H,10H2,1-9H3. The molecule has 0 bridgehead atoms. The summed E-state index contributed by atoms with van der Waals surface area (Å²) in [5.41, 5.74) is 8.03. The van der Waals surface area contributed by atoms with Crippen LogP contribution < -0.4 is 10.6 Å². The summed E-state index contributed by atoms with van der Waals surface area (Å²) in [5, 5.41) is 7.80. The molecule has 3 heteroatoms. The van der Waals surface area contributed by atoms with Gasteiger partial charge in [-0.05, 0) is 75.8 Å². The van der Waals surface area contributed by atoms with E-state index in [1.165, 1.54) is 16.7 Å². The van der Waals surface area contributed by atoms with Crippen molar-refractivity contribution >= 4 is 34.4 Å². The summed E-state index contributed by atoms with van der Waals surface area (Å²) < 4.78 is 0. The van der Waals surface area contributed by atoms with Crippen LogP contribution in [0.3, 0.4) is 0 Å². The summed E-state index contributed by atoms with van der Waals surface area (Å²) in [6.45, 7) is 20.2. The molecule has 3 rings (SSSR count). The van der Waals surface area contributed by atoms with Gasteiger partial charge >= 0.3 is 0 Å². The van der Waals surface area contributed by atoms with E-state index in [0.717, 1.165) is 29.2 Å². The third-order valence-electron chi connectivity index (χ3n) is 6.80. The molecular weight excluding hydrogens is 436 g/mol. The van der Waals surface area contributed by atoms with E-state index in [1.807, 2.05) is 0 Å². The van der Waals surface area contributed by atoms with Gasteiger partial charge in [-0.1, -0.05) is 98.2 Å². The van der Waals surface area contributed by atoms with Crippen LogP contribution in [-0.4, -0.2) is 0 Å². The molecule has 0 fully saturated rings. The Labute approximate surface area is 212 Å². The van der Waals surface area contributed by atoms with Gasteiger partial charge in [0.15, 0.2) is 0 Å². The van der Waals surface area contributed by atoms with Gasteiger partial charge in [0.1, 0.15) is 0 Å². The first-order valence-electron chi connectivity index (χ1n) is 12.3. The highest BCUT2D eigenvalue weighted by molar-refractivity contribution is 6.36. The molecule has 34 heavy (non-hydrogen) atoms. The second-order valence-electron chi connectivity index (χ2n) is 12.0. The maximum Gasteiger partial charge on any atom is 0.0875 e. The molecule has 0 saturated heterocycles. The first kappa shape index (κ1) is 26.2.